The number of thiocarbonyl (C=S) groups is 1. The molecule has 1 fully saturated rings. The Morgan fingerprint density at radius 1 is 1.45 bits per heavy atom. The maximum atomic E-state index is 5.24. The third kappa shape index (κ3) is 6.86. The second kappa shape index (κ2) is 10.4. The Hall–Kier alpha value is -0.391. The number of hydrogen-bond donors (Lipinski definition) is 1. The molecule has 0 aliphatic carbocycles. The minimum atomic E-state index is 0.700. The Balaban J connectivity index is 0.000000612. The topological polar surface area (TPSA) is 40.5 Å². The van der Waals surface area contributed by atoms with Crippen LogP contribution in [0.3, 0.4) is 0 Å². The van der Waals surface area contributed by atoms with E-state index in [1.165, 1.54) is 12.8 Å². The van der Waals surface area contributed by atoms with Crippen molar-refractivity contribution in [2.24, 2.45) is 5.10 Å². The molecule has 1 aromatic heterocycles. The fraction of sp³-hybridized carbons (Fsp3) is 0.417. The molecule has 8 heteroatoms. The van der Waals surface area contributed by atoms with E-state index in [4.69, 9.17) is 12.2 Å². The molecular formula is C12H16Cl2CuN4S. The van der Waals surface area contributed by atoms with Gasteiger partial charge in [-0.15, -0.1) is 0 Å². The van der Waals surface area contributed by atoms with Gasteiger partial charge in [0, 0.05) is 18.8 Å². The Kier molecular flexibility index (Phi) is 9.14. The van der Waals surface area contributed by atoms with Crippen molar-refractivity contribution in [2.75, 3.05) is 13.1 Å². The first-order chi connectivity index (χ1) is 9.67. The molecule has 0 radical (unpaired) electrons. The van der Waals surface area contributed by atoms with Crippen molar-refractivity contribution in [1.29, 1.82) is 0 Å². The van der Waals surface area contributed by atoms with Crippen LogP contribution in [0.2, 0.25) is 0 Å². The average molecular weight is 383 g/mol. The number of rotatable bonds is 2. The summed E-state index contributed by atoms with van der Waals surface area (Å²) in [6.45, 7) is 4.02. The molecule has 20 heavy (non-hydrogen) atoms. The summed E-state index contributed by atoms with van der Waals surface area (Å²) in [5, 5.41) is 4.81. The van der Waals surface area contributed by atoms with Gasteiger partial charge in [-0.2, -0.15) is 5.10 Å². The zero-order chi connectivity index (χ0) is 14.8. The fourth-order valence-corrected chi connectivity index (χ4v) is 2.02. The van der Waals surface area contributed by atoms with Gasteiger partial charge in [0.05, 0.1) is 11.9 Å². The van der Waals surface area contributed by atoms with Crippen LogP contribution in [0.5, 0.6) is 0 Å². The molecule has 2 heterocycles. The molecule has 1 N–H and O–H groups in total. The molecule has 1 saturated heterocycles. The summed E-state index contributed by atoms with van der Waals surface area (Å²) in [6.07, 6.45) is 4.12. The van der Waals surface area contributed by atoms with Crippen LogP contribution in [0, 0.1) is 6.92 Å². The number of halogens is 2. The minimum absolute atomic E-state index is 0.700. The molecule has 115 valence electrons. The standard InChI is InChI=1S/C12H16N4S.2ClH.Cu/c1-10-5-4-6-11(14-10)9-13-15-12(17)16-7-2-3-8-16;;;/h4-6,9H,2-3,7-8H2,1H3,(H,15,17);2*1H;/q;;;+2/p-2/b13-9+;;;. The number of nitrogens with zero attached hydrogens (tertiary/aromatic N) is 3. The maximum absolute atomic E-state index is 5.24. The predicted octanol–water partition coefficient (Wildman–Crippen LogP) is 3.07. The summed E-state index contributed by atoms with van der Waals surface area (Å²) >= 11 is 5.99. The summed E-state index contributed by atoms with van der Waals surface area (Å²) in [6, 6.07) is 5.83. The van der Waals surface area contributed by atoms with Crippen LogP contribution in [0.15, 0.2) is 23.3 Å². The molecule has 0 spiro atoms. The van der Waals surface area contributed by atoms with E-state index >= 15 is 0 Å². The molecule has 0 bridgehead atoms. The zero-order valence-corrected chi connectivity index (χ0v) is 14.2. The average Bonchev–Trinajstić information content (AvgIpc) is 2.93. The zero-order valence-electron chi connectivity index (χ0n) is 10.9. The van der Waals surface area contributed by atoms with Crippen LogP contribution in [0.1, 0.15) is 24.2 Å². The van der Waals surface area contributed by atoms with Crippen molar-refractivity contribution in [1.82, 2.24) is 15.3 Å². The number of nitrogens with one attached hydrogen (secondary N) is 1. The van der Waals surface area contributed by atoms with Crippen molar-refractivity contribution in [3.8, 4) is 0 Å². The van der Waals surface area contributed by atoms with Crippen molar-refractivity contribution in [3.63, 3.8) is 0 Å². The van der Waals surface area contributed by atoms with Crippen molar-refractivity contribution >= 4 is 43.7 Å². The van der Waals surface area contributed by atoms with Crippen molar-refractivity contribution < 1.29 is 13.1 Å². The first kappa shape index (κ1) is 17.7. The quantitative estimate of drug-likeness (QED) is 0.369. The van der Waals surface area contributed by atoms with Crippen molar-refractivity contribution in [3.05, 3.63) is 29.6 Å². The molecule has 1 aliphatic heterocycles. The normalized spacial score (nSPS) is 14.2. The van der Waals surface area contributed by atoms with Gasteiger partial charge in [-0.05, 0) is 44.1 Å². The first-order valence-electron chi connectivity index (χ1n) is 6.00. The van der Waals surface area contributed by atoms with Gasteiger partial charge in [-0.3, -0.25) is 10.4 Å². The molecule has 1 aliphatic rings. The third-order valence-electron chi connectivity index (χ3n) is 2.66. The van der Waals surface area contributed by atoms with Gasteiger partial charge < -0.3 is 4.90 Å². The van der Waals surface area contributed by atoms with Crippen molar-refractivity contribution in [2.45, 2.75) is 19.8 Å². The molecule has 0 saturated carbocycles. The summed E-state index contributed by atoms with van der Waals surface area (Å²) in [5.74, 6) is 0. The molecule has 1 aromatic rings. The van der Waals surface area contributed by atoms with Gasteiger partial charge in [-0.25, -0.2) is 0 Å². The second-order valence-corrected chi connectivity index (χ2v) is 6.06. The fourth-order valence-electron chi connectivity index (χ4n) is 1.78. The van der Waals surface area contributed by atoms with E-state index in [1.807, 2.05) is 25.1 Å². The van der Waals surface area contributed by atoms with Crippen LogP contribution < -0.4 is 5.43 Å². The van der Waals surface area contributed by atoms with Crippen LogP contribution in [-0.2, 0) is 13.1 Å². The van der Waals surface area contributed by atoms with E-state index in [1.54, 1.807) is 6.21 Å². The Morgan fingerprint density at radius 2 is 2.10 bits per heavy atom. The Morgan fingerprint density at radius 3 is 2.70 bits per heavy atom. The molecule has 0 amide bonds. The van der Waals surface area contributed by atoms with E-state index in [2.05, 4.69) is 40.6 Å². The van der Waals surface area contributed by atoms with Gasteiger partial charge in [0.2, 0.25) is 0 Å². The third-order valence-corrected chi connectivity index (χ3v) is 3.01. The molecule has 0 unspecified atom stereocenters. The number of aryl methyl sites for hydroxylation is 1. The van der Waals surface area contributed by atoms with Gasteiger partial charge in [0.25, 0.3) is 0 Å². The van der Waals surface area contributed by atoms with E-state index in [0.717, 1.165) is 37.6 Å². The van der Waals surface area contributed by atoms with Crippen LogP contribution >= 0.6 is 32.4 Å². The van der Waals surface area contributed by atoms with Gasteiger partial charge >= 0.3 is 33.3 Å². The molecule has 0 aromatic carbocycles. The second-order valence-electron chi connectivity index (χ2n) is 4.12. The molecular weight excluding hydrogens is 367 g/mol. The Labute approximate surface area is 139 Å². The number of hydrogen-bond acceptors (Lipinski definition) is 3. The first-order valence-corrected chi connectivity index (χ1v) is 9.00. The predicted molar refractivity (Wildman–Crippen MR) is 84.8 cm³/mol. The van der Waals surface area contributed by atoms with Crippen LogP contribution in [0.25, 0.3) is 0 Å². The number of pyridine rings is 1. The molecule has 2 rings (SSSR count). The summed E-state index contributed by atoms with van der Waals surface area (Å²) < 4.78 is 0. The number of aromatic nitrogens is 1. The summed E-state index contributed by atoms with van der Waals surface area (Å²) in [4.78, 5) is 6.46. The van der Waals surface area contributed by atoms with E-state index < -0.39 is 0 Å². The number of likely N-dealkylation sites (tertiary alicyclic amines) is 1. The summed E-state index contributed by atoms with van der Waals surface area (Å²) in [5.41, 5.74) is 4.70. The van der Waals surface area contributed by atoms with Gasteiger partial charge in [-0.1, -0.05) is 6.07 Å². The monoisotopic (exact) mass is 381 g/mol. The van der Waals surface area contributed by atoms with Gasteiger partial charge in [0.15, 0.2) is 5.11 Å². The molecule has 4 nitrogen and oxygen atoms in total. The number of hydrazone groups is 1. The van der Waals surface area contributed by atoms with E-state index in [0.29, 0.717) is 5.11 Å². The van der Waals surface area contributed by atoms with E-state index in [9.17, 15) is 0 Å². The van der Waals surface area contributed by atoms with E-state index in [-0.39, 0.29) is 0 Å². The summed E-state index contributed by atoms with van der Waals surface area (Å²) in [7, 11) is 9.34. The van der Waals surface area contributed by atoms with Gasteiger partial charge in [0.1, 0.15) is 0 Å². The Bertz CT molecular complexity index is 453. The van der Waals surface area contributed by atoms with Crippen LogP contribution in [0.4, 0.5) is 0 Å². The molecule has 0 atom stereocenters. The van der Waals surface area contributed by atoms with Crippen LogP contribution in [-0.4, -0.2) is 34.3 Å². The SMILES string of the molecule is Cc1cccc(/C=N/NC(=S)N2CCCC2)n1.[Cl][Cu][Cl].